The number of anilines is 1. The lowest BCUT2D eigenvalue weighted by Gasteiger charge is -2.18. The normalized spacial score (nSPS) is 12.3. The first-order valence-corrected chi connectivity index (χ1v) is 6.81. The quantitative estimate of drug-likeness (QED) is 0.711. The van der Waals surface area contributed by atoms with E-state index in [1.807, 2.05) is 6.92 Å². The van der Waals surface area contributed by atoms with Gasteiger partial charge in [-0.2, -0.15) is 0 Å². The summed E-state index contributed by atoms with van der Waals surface area (Å²) in [6.07, 6.45) is 0. The molecule has 5 heteroatoms. The minimum atomic E-state index is -0.533. The van der Waals surface area contributed by atoms with Gasteiger partial charge in [0.25, 0.3) is 0 Å². The summed E-state index contributed by atoms with van der Waals surface area (Å²) < 4.78 is 27.0. The highest BCUT2D eigenvalue weighted by atomic mass is 35.5. The Morgan fingerprint density at radius 1 is 1.00 bits per heavy atom. The van der Waals surface area contributed by atoms with Crippen molar-refractivity contribution in [3.63, 3.8) is 0 Å². The van der Waals surface area contributed by atoms with E-state index in [1.54, 1.807) is 19.1 Å². The first-order valence-electron chi connectivity index (χ1n) is 6.05. The van der Waals surface area contributed by atoms with Gasteiger partial charge in [-0.15, -0.1) is 0 Å². The fraction of sp³-hybridized carbons (Fsp3) is 0.200. The van der Waals surface area contributed by atoms with Crippen molar-refractivity contribution in [3.05, 3.63) is 63.1 Å². The second kappa shape index (κ2) is 5.98. The number of benzene rings is 2. The zero-order valence-corrected chi connectivity index (χ0v) is 12.5. The molecule has 20 heavy (non-hydrogen) atoms. The molecule has 0 aliphatic rings. The first-order chi connectivity index (χ1) is 9.38. The van der Waals surface area contributed by atoms with Crippen molar-refractivity contribution >= 4 is 28.9 Å². The van der Waals surface area contributed by atoms with Crippen LogP contribution in [0.25, 0.3) is 0 Å². The molecule has 0 aliphatic carbocycles. The molecule has 1 nitrogen and oxygen atoms in total. The van der Waals surface area contributed by atoms with E-state index < -0.39 is 5.82 Å². The van der Waals surface area contributed by atoms with Crippen LogP contribution in [0.15, 0.2) is 30.3 Å². The Balaban J connectivity index is 2.25. The maximum absolute atomic E-state index is 13.5. The van der Waals surface area contributed by atoms with Crippen molar-refractivity contribution in [2.24, 2.45) is 0 Å². The summed E-state index contributed by atoms with van der Waals surface area (Å²) in [5, 5.41) is 3.42. The van der Waals surface area contributed by atoms with Gasteiger partial charge in [-0.25, -0.2) is 8.78 Å². The summed E-state index contributed by atoms with van der Waals surface area (Å²) >= 11 is 11.7. The van der Waals surface area contributed by atoms with Crippen molar-refractivity contribution in [2.75, 3.05) is 5.32 Å². The lowest BCUT2D eigenvalue weighted by Crippen LogP contribution is -2.08. The Kier molecular flexibility index (Phi) is 4.51. The van der Waals surface area contributed by atoms with Crippen LogP contribution in [0.3, 0.4) is 0 Å². The second-order valence-electron chi connectivity index (χ2n) is 4.62. The minimum Gasteiger partial charge on any atom is -0.378 e. The summed E-state index contributed by atoms with van der Waals surface area (Å²) in [6.45, 7) is 3.50. The topological polar surface area (TPSA) is 12.0 Å². The number of hydrogen-bond acceptors (Lipinski definition) is 1. The number of nitrogens with one attached hydrogen (secondary N) is 1. The molecule has 0 fully saturated rings. The number of aryl methyl sites for hydroxylation is 1. The Labute approximate surface area is 126 Å². The SMILES string of the molecule is Cc1ccc(NC(C)c2cc(F)c(Cl)cc2Cl)cc1F. The van der Waals surface area contributed by atoms with Crippen LogP contribution in [-0.2, 0) is 0 Å². The minimum absolute atomic E-state index is 0.0210. The van der Waals surface area contributed by atoms with E-state index in [0.717, 1.165) is 0 Å². The summed E-state index contributed by atoms with van der Waals surface area (Å²) in [7, 11) is 0. The molecule has 0 spiro atoms. The van der Waals surface area contributed by atoms with Crippen molar-refractivity contribution in [2.45, 2.75) is 19.9 Å². The Morgan fingerprint density at radius 2 is 1.70 bits per heavy atom. The van der Waals surface area contributed by atoms with E-state index in [2.05, 4.69) is 5.32 Å². The predicted octanol–water partition coefficient (Wildman–Crippen LogP) is 5.75. The molecule has 2 aromatic rings. The molecule has 2 aromatic carbocycles. The van der Waals surface area contributed by atoms with Gasteiger partial charge in [0.2, 0.25) is 0 Å². The van der Waals surface area contributed by atoms with Crippen LogP contribution in [-0.4, -0.2) is 0 Å². The molecular formula is C15H13Cl2F2N. The highest BCUT2D eigenvalue weighted by Crippen LogP contribution is 2.30. The monoisotopic (exact) mass is 315 g/mol. The van der Waals surface area contributed by atoms with E-state index in [9.17, 15) is 8.78 Å². The highest BCUT2D eigenvalue weighted by molar-refractivity contribution is 6.35. The third-order valence-electron chi connectivity index (χ3n) is 3.06. The fourth-order valence-corrected chi connectivity index (χ4v) is 2.43. The molecule has 0 aliphatic heterocycles. The molecule has 1 unspecified atom stereocenters. The second-order valence-corrected chi connectivity index (χ2v) is 5.43. The zero-order valence-electron chi connectivity index (χ0n) is 11.0. The van der Waals surface area contributed by atoms with Crippen molar-refractivity contribution in [1.29, 1.82) is 0 Å². The van der Waals surface area contributed by atoms with Crippen LogP contribution in [0.5, 0.6) is 0 Å². The van der Waals surface area contributed by atoms with Crippen molar-refractivity contribution in [3.8, 4) is 0 Å². The Bertz CT molecular complexity index is 644. The van der Waals surface area contributed by atoms with E-state index in [0.29, 0.717) is 21.8 Å². The molecule has 1 N–H and O–H groups in total. The standard InChI is InChI=1S/C15H13Cl2F2N/c1-8-3-4-10(5-14(8)18)20-9(2)11-6-15(19)13(17)7-12(11)16/h3-7,9,20H,1-2H3. The molecule has 0 heterocycles. The summed E-state index contributed by atoms with van der Waals surface area (Å²) in [6, 6.07) is 7.20. The third kappa shape index (κ3) is 3.22. The summed E-state index contributed by atoms with van der Waals surface area (Å²) in [5.74, 6) is -0.828. The van der Waals surface area contributed by atoms with Crippen molar-refractivity contribution < 1.29 is 8.78 Å². The van der Waals surface area contributed by atoms with E-state index in [4.69, 9.17) is 23.2 Å². The van der Waals surface area contributed by atoms with Gasteiger partial charge in [0.05, 0.1) is 11.1 Å². The Morgan fingerprint density at radius 3 is 2.35 bits per heavy atom. The van der Waals surface area contributed by atoms with Gasteiger partial charge < -0.3 is 5.32 Å². The van der Waals surface area contributed by atoms with Crippen LogP contribution in [0, 0.1) is 18.6 Å². The average Bonchev–Trinajstić information content (AvgIpc) is 2.38. The van der Waals surface area contributed by atoms with Gasteiger partial charge in [-0.05, 0) is 49.2 Å². The van der Waals surface area contributed by atoms with Crippen LogP contribution < -0.4 is 5.32 Å². The Hall–Kier alpha value is -1.32. The van der Waals surface area contributed by atoms with E-state index in [1.165, 1.54) is 18.2 Å². The van der Waals surface area contributed by atoms with Crippen LogP contribution in [0.4, 0.5) is 14.5 Å². The van der Waals surface area contributed by atoms with Crippen molar-refractivity contribution in [1.82, 2.24) is 0 Å². The largest absolute Gasteiger partial charge is 0.378 e. The average molecular weight is 316 g/mol. The lowest BCUT2D eigenvalue weighted by atomic mass is 10.1. The fourth-order valence-electron chi connectivity index (χ4n) is 1.88. The van der Waals surface area contributed by atoms with E-state index in [-0.39, 0.29) is 16.9 Å². The zero-order chi connectivity index (χ0) is 14.9. The maximum Gasteiger partial charge on any atom is 0.142 e. The van der Waals surface area contributed by atoms with Gasteiger partial charge in [-0.1, -0.05) is 29.3 Å². The first kappa shape index (κ1) is 15.1. The van der Waals surface area contributed by atoms with E-state index >= 15 is 0 Å². The number of rotatable bonds is 3. The molecule has 0 aromatic heterocycles. The predicted molar refractivity (Wildman–Crippen MR) is 79.6 cm³/mol. The van der Waals surface area contributed by atoms with Crippen LogP contribution in [0.1, 0.15) is 24.1 Å². The van der Waals surface area contributed by atoms with Crippen LogP contribution in [0.2, 0.25) is 10.0 Å². The molecule has 2 rings (SSSR count). The molecule has 0 saturated carbocycles. The number of hydrogen-bond donors (Lipinski definition) is 1. The number of halogens is 4. The van der Waals surface area contributed by atoms with Crippen LogP contribution >= 0.6 is 23.2 Å². The lowest BCUT2D eigenvalue weighted by molar-refractivity contribution is 0.618. The maximum atomic E-state index is 13.5. The summed E-state index contributed by atoms with van der Waals surface area (Å²) in [5.41, 5.74) is 1.74. The van der Waals surface area contributed by atoms with Gasteiger partial charge >= 0.3 is 0 Å². The smallest absolute Gasteiger partial charge is 0.142 e. The third-order valence-corrected chi connectivity index (χ3v) is 3.68. The molecule has 106 valence electrons. The van der Waals surface area contributed by atoms with Gasteiger partial charge in [0, 0.05) is 10.7 Å². The molecule has 0 saturated heterocycles. The van der Waals surface area contributed by atoms with Gasteiger partial charge in [-0.3, -0.25) is 0 Å². The van der Waals surface area contributed by atoms with Gasteiger partial charge in [0.15, 0.2) is 0 Å². The molecule has 0 radical (unpaired) electrons. The molecular weight excluding hydrogens is 303 g/mol. The highest BCUT2D eigenvalue weighted by Gasteiger charge is 2.13. The molecule has 0 amide bonds. The van der Waals surface area contributed by atoms with Gasteiger partial charge in [0.1, 0.15) is 11.6 Å². The molecule has 1 atom stereocenters. The summed E-state index contributed by atoms with van der Waals surface area (Å²) in [4.78, 5) is 0. The molecule has 0 bridgehead atoms.